The van der Waals surface area contributed by atoms with Crippen molar-refractivity contribution in [3.63, 3.8) is 0 Å². The SMILES string of the molecule is CC(C)C(C)(C)C(N(C)C)C1(c2ccc(Cl)cc2)CCC1. The van der Waals surface area contributed by atoms with E-state index in [1.807, 2.05) is 12.1 Å². The summed E-state index contributed by atoms with van der Waals surface area (Å²) in [6.07, 6.45) is 3.91. The normalized spacial score (nSPS) is 19.7. The molecule has 0 N–H and O–H groups in total. The second kappa shape index (κ2) is 5.93. The number of likely N-dealkylation sites (N-methyl/N-ethyl adjacent to an activating group) is 1. The monoisotopic (exact) mass is 307 g/mol. The first-order chi connectivity index (χ1) is 9.71. The molecule has 1 saturated carbocycles. The molecule has 0 saturated heterocycles. The Labute approximate surface area is 135 Å². The van der Waals surface area contributed by atoms with Crippen LogP contribution in [0.5, 0.6) is 0 Å². The molecule has 0 spiro atoms. The predicted octanol–water partition coefficient (Wildman–Crippen LogP) is 5.37. The zero-order chi connectivity index (χ0) is 15.8. The zero-order valence-corrected chi connectivity index (χ0v) is 15.2. The van der Waals surface area contributed by atoms with E-state index < -0.39 is 0 Å². The summed E-state index contributed by atoms with van der Waals surface area (Å²) in [6.45, 7) is 9.56. The number of halogens is 1. The Bertz CT molecular complexity index is 469. The fourth-order valence-electron chi connectivity index (χ4n) is 4.25. The molecule has 0 aromatic heterocycles. The molecule has 0 radical (unpaired) electrons. The highest BCUT2D eigenvalue weighted by atomic mass is 35.5. The largest absolute Gasteiger partial charge is 0.305 e. The number of benzene rings is 1. The van der Waals surface area contributed by atoms with Gasteiger partial charge in [0.15, 0.2) is 0 Å². The van der Waals surface area contributed by atoms with Crippen molar-refractivity contribution in [2.75, 3.05) is 14.1 Å². The number of rotatable bonds is 5. The standard InChI is InChI=1S/C19H30ClN/c1-14(2)18(3,4)17(21(5)6)19(12-7-13-19)15-8-10-16(20)11-9-15/h8-11,14,17H,7,12-13H2,1-6H3. The molecule has 1 atom stereocenters. The van der Waals surface area contributed by atoms with Crippen molar-refractivity contribution in [3.8, 4) is 0 Å². The van der Waals surface area contributed by atoms with E-state index in [1.165, 1.54) is 24.8 Å². The van der Waals surface area contributed by atoms with Crippen molar-refractivity contribution < 1.29 is 0 Å². The van der Waals surface area contributed by atoms with E-state index in [1.54, 1.807) is 0 Å². The van der Waals surface area contributed by atoms with Gasteiger partial charge >= 0.3 is 0 Å². The lowest BCUT2D eigenvalue weighted by Crippen LogP contribution is -2.60. The molecule has 1 unspecified atom stereocenters. The summed E-state index contributed by atoms with van der Waals surface area (Å²) in [7, 11) is 4.48. The molecule has 0 heterocycles. The van der Waals surface area contributed by atoms with E-state index in [9.17, 15) is 0 Å². The minimum Gasteiger partial charge on any atom is -0.305 e. The van der Waals surface area contributed by atoms with Gasteiger partial charge in [0.25, 0.3) is 0 Å². The van der Waals surface area contributed by atoms with Gasteiger partial charge in [-0.2, -0.15) is 0 Å². The van der Waals surface area contributed by atoms with E-state index in [2.05, 4.69) is 58.8 Å². The van der Waals surface area contributed by atoms with Crippen LogP contribution >= 0.6 is 11.6 Å². The second-order valence-corrected chi connectivity index (χ2v) is 8.30. The Morgan fingerprint density at radius 3 is 1.95 bits per heavy atom. The van der Waals surface area contributed by atoms with E-state index in [0.717, 1.165) is 5.02 Å². The summed E-state index contributed by atoms with van der Waals surface area (Å²) < 4.78 is 0. The third-order valence-electron chi connectivity index (χ3n) is 5.90. The molecule has 1 nitrogen and oxygen atoms in total. The second-order valence-electron chi connectivity index (χ2n) is 7.86. The molecule has 1 aliphatic carbocycles. The summed E-state index contributed by atoms with van der Waals surface area (Å²) in [6, 6.07) is 9.13. The molecule has 1 aliphatic rings. The Hall–Kier alpha value is -0.530. The van der Waals surface area contributed by atoms with E-state index in [-0.39, 0.29) is 10.8 Å². The van der Waals surface area contributed by atoms with Gasteiger partial charge in [-0.05, 0) is 56.0 Å². The number of nitrogens with zero attached hydrogens (tertiary/aromatic N) is 1. The van der Waals surface area contributed by atoms with Gasteiger partial charge in [-0.25, -0.2) is 0 Å². The van der Waals surface area contributed by atoms with Crippen molar-refractivity contribution >= 4 is 11.6 Å². The van der Waals surface area contributed by atoms with Gasteiger partial charge in [-0.1, -0.05) is 57.8 Å². The van der Waals surface area contributed by atoms with Crippen LogP contribution in [0, 0.1) is 11.3 Å². The molecule has 1 aromatic carbocycles. The third-order valence-corrected chi connectivity index (χ3v) is 6.15. The highest BCUT2D eigenvalue weighted by Gasteiger charge is 2.52. The van der Waals surface area contributed by atoms with Crippen LogP contribution in [0.15, 0.2) is 24.3 Å². The number of hydrogen-bond acceptors (Lipinski definition) is 1. The molecule has 21 heavy (non-hydrogen) atoms. The molecular formula is C19H30ClN. The van der Waals surface area contributed by atoms with E-state index in [4.69, 9.17) is 11.6 Å². The lowest BCUT2D eigenvalue weighted by Gasteiger charge is -2.57. The summed E-state index contributed by atoms with van der Waals surface area (Å²) >= 11 is 6.10. The van der Waals surface area contributed by atoms with Crippen molar-refractivity contribution in [1.29, 1.82) is 0 Å². The van der Waals surface area contributed by atoms with Crippen LogP contribution in [-0.2, 0) is 5.41 Å². The molecule has 1 fully saturated rings. The van der Waals surface area contributed by atoms with Crippen LogP contribution in [-0.4, -0.2) is 25.0 Å². The van der Waals surface area contributed by atoms with Crippen LogP contribution in [0.4, 0.5) is 0 Å². The fourth-order valence-corrected chi connectivity index (χ4v) is 4.37. The summed E-state index contributed by atoms with van der Waals surface area (Å²) in [5.41, 5.74) is 2.01. The Balaban J connectivity index is 2.48. The van der Waals surface area contributed by atoms with Gasteiger partial charge in [0.2, 0.25) is 0 Å². The fraction of sp³-hybridized carbons (Fsp3) is 0.684. The molecule has 0 amide bonds. The van der Waals surface area contributed by atoms with Crippen LogP contribution in [0.2, 0.25) is 5.02 Å². The first kappa shape index (κ1) is 16.8. The topological polar surface area (TPSA) is 3.24 Å². The molecule has 118 valence electrons. The first-order valence-corrected chi connectivity index (χ1v) is 8.52. The molecule has 0 bridgehead atoms. The highest BCUT2D eigenvalue weighted by molar-refractivity contribution is 6.30. The van der Waals surface area contributed by atoms with Gasteiger partial charge in [-0.15, -0.1) is 0 Å². The van der Waals surface area contributed by atoms with Crippen molar-refractivity contribution in [2.45, 2.75) is 58.4 Å². The lowest BCUT2D eigenvalue weighted by molar-refractivity contribution is -0.0122. The Morgan fingerprint density at radius 2 is 1.62 bits per heavy atom. The van der Waals surface area contributed by atoms with Gasteiger partial charge in [0.1, 0.15) is 0 Å². The molecule has 0 aliphatic heterocycles. The maximum Gasteiger partial charge on any atom is 0.0406 e. The van der Waals surface area contributed by atoms with Crippen LogP contribution in [0.25, 0.3) is 0 Å². The molecular weight excluding hydrogens is 278 g/mol. The molecule has 2 rings (SSSR count). The number of hydrogen-bond donors (Lipinski definition) is 0. The smallest absolute Gasteiger partial charge is 0.0406 e. The summed E-state index contributed by atoms with van der Waals surface area (Å²) in [5, 5.41) is 0.831. The van der Waals surface area contributed by atoms with Crippen LogP contribution in [0.1, 0.15) is 52.5 Å². The quantitative estimate of drug-likeness (QED) is 0.706. The maximum absolute atomic E-state index is 6.10. The lowest BCUT2D eigenvalue weighted by atomic mass is 9.52. The first-order valence-electron chi connectivity index (χ1n) is 8.14. The van der Waals surface area contributed by atoms with Crippen LogP contribution in [0.3, 0.4) is 0 Å². The Morgan fingerprint density at radius 1 is 1.10 bits per heavy atom. The minimum absolute atomic E-state index is 0.267. The van der Waals surface area contributed by atoms with E-state index in [0.29, 0.717) is 12.0 Å². The van der Waals surface area contributed by atoms with Crippen molar-refractivity contribution in [1.82, 2.24) is 4.90 Å². The maximum atomic E-state index is 6.10. The zero-order valence-electron chi connectivity index (χ0n) is 14.4. The highest BCUT2D eigenvalue weighted by Crippen LogP contribution is 2.54. The third kappa shape index (κ3) is 2.87. The molecule has 2 heteroatoms. The van der Waals surface area contributed by atoms with Gasteiger partial charge in [0.05, 0.1) is 0 Å². The van der Waals surface area contributed by atoms with Gasteiger partial charge < -0.3 is 4.90 Å². The minimum atomic E-state index is 0.267. The van der Waals surface area contributed by atoms with Crippen LogP contribution < -0.4 is 0 Å². The predicted molar refractivity (Wildman–Crippen MR) is 93.1 cm³/mol. The summed E-state index contributed by atoms with van der Waals surface area (Å²) in [4.78, 5) is 2.45. The Kier molecular flexibility index (Phi) is 4.75. The van der Waals surface area contributed by atoms with E-state index >= 15 is 0 Å². The van der Waals surface area contributed by atoms with Crippen molar-refractivity contribution in [3.05, 3.63) is 34.9 Å². The average molecular weight is 308 g/mol. The summed E-state index contributed by atoms with van der Waals surface area (Å²) in [5.74, 6) is 0.648. The van der Waals surface area contributed by atoms with Gasteiger partial charge in [-0.3, -0.25) is 0 Å². The van der Waals surface area contributed by atoms with Gasteiger partial charge in [0, 0.05) is 16.5 Å². The molecule has 1 aromatic rings. The average Bonchev–Trinajstić information content (AvgIpc) is 2.33. The van der Waals surface area contributed by atoms with Crippen molar-refractivity contribution in [2.24, 2.45) is 11.3 Å².